The third kappa shape index (κ3) is 4.50. The summed E-state index contributed by atoms with van der Waals surface area (Å²) in [5.41, 5.74) is 0. The van der Waals surface area contributed by atoms with Crippen LogP contribution in [-0.2, 0) is 17.1 Å². The SMILES string of the molecule is Cn1cnc(S(=O)(=O)NCCCN2CCCC[C@@H]2CO)c1. The Morgan fingerprint density at radius 3 is 2.95 bits per heavy atom. The Labute approximate surface area is 126 Å². The maximum absolute atomic E-state index is 12.0. The second-order valence-electron chi connectivity index (χ2n) is 5.50. The van der Waals surface area contributed by atoms with Crippen LogP contribution in [0.4, 0.5) is 0 Å². The predicted octanol–water partition coefficient (Wildman–Crippen LogP) is -0.0647. The number of aryl methyl sites for hydroxylation is 1. The number of aliphatic hydroxyl groups is 1. The Morgan fingerprint density at radius 1 is 1.48 bits per heavy atom. The van der Waals surface area contributed by atoms with Gasteiger partial charge in [0.1, 0.15) is 0 Å². The molecule has 1 aromatic rings. The minimum atomic E-state index is -3.51. The topological polar surface area (TPSA) is 87.5 Å². The molecule has 0 amide bonds. The van der Waals surface area contributed by atoms with Gasteiger partial charge in [-0.15, -0.1) is 0 Å². The van der Waals surface area contributed by atoms with E-state index in [1.165, 1.54) is 12.5 Å². The van der Waals surface area contributed by atoms with Gasteiger partial charge in [-0.1, -0.05) is 6.42 Å². The van der Waals surface area contributed by atoms with Gasteiger partial charge in [-0.3, -0.25) is 4.90 Å². The summed E-state index contributed by atoms with van der Waals surface area (Å²) < 4.78 is 28.1. The number of sulfonamides is 1. The maximum atomic E-state index is 12.0. The van der Waals surface area contributed by atoms with Crippen LogP contribution in [0, 0.1) is 0 Å². The van der Waals surface area contributed by atoms with Crippen molar-refractivity contribution in [2.45, 2.75) is 36.8 Å². The number of aliphatic hydroxyl groups excluding tert-OH is 1. The highest BCUT2D eigenvalue weighted by molar-refractivity contribution is 7.89. The molecule has 2 N–H and O–H groups in total. The molecule has 1 fully saturated rings. The lowest BCUT2D eigenvalue weighted by molar-refractivity contribution is 0.0896. The van der Waals surface area contributed by atoms with Crippen molar-refractivity contribution >= 4 is 10.0 Å². The Kier molecular flexibility index (Phi) is 5.74. The van der Waals surface area contributed by atoms with Gasteiger partial charge >= 0.3 is 0 Å². The number of piperidine rings is 1. The van der Waals surface area contributed by atoms with E-state index in [4.69, 9.17) is 0 Å². The fourth-order valence-electron chi connectivity index (χ4n) is 2.65. The molecule has 1 aliphatic heterocycles. The molecule has 1 saturated heterocycles. The Bertz CT molecular complexity index is 543. The van der Waals surface area contributed by atoms with Crippen LogP contribution < -0.4 is 4.72 Å². The van der Waals surface area contributed by atoms with E-state index >= 15 is 0 Å². The van der Waals surface area contributed by atoms with Gasteiger partial charge < -0.3 is 9.67 Å². The summed E-state index contributed by atoms with van der Waals surface area (Å²) in [6.07, 6.45) is 7.01. The van der Waals surface area contributed by atoms with Gasteiger partial charge in [-0.05, 0) is 32.4 Å². The molecule has 0 spiro atoms. The van der Waals surface area contributed by atoms with E-state index in [0.29, 0.717) is 6.54 Å². The fraction of sp³-hybridized carbons (Fsp3) is 0.769. The zero-order chi connectivity index (χ0) is 15.3. The summed E-state index contributed by atoms with van der Waals surface area (Å²) in [5.74, 6) is 0. The molecule has 1 atom stereocenters. The van der Waals surface area contributed by atoms with Crippen LogP contribution in [0.2, 0.25) is 0 Å². The quantitative estimate of drug-likeness (QED) is 0.688. The molecule has 0 aliphatic carbocycles. The number of aromatic nitrogens is 2. The van der Waals surface area contributed by atoms with Crippen LogP contribution in [0.15, 0.2) is 17.6 Å². The number of hydrogen-bond donors (Lipinski definition) is 2. The van der Waals surface area contributed by atoms with E-state index in [0.717, 1.165) is 38.8 Å². The van der Waals surface area contributed by atoms with E-state index in [-0.39, 0.29) is 17.7 Å². The first-order valence-electron chi connectivity index (χ1n) is 7.35. The minimum Gasteiger partial charge on any atom is -0.395 e. The number of nitrogens with zero attached hydrogens (tertiary/aromatic N) is 3. The van der Waals surface area contributed by atoms with Crippen LogP contribution in [0.3, 0.4) is 0 Å². The summed E-state index contributed by atoms with van der Waals surface area (Å²) in [4.78, 5) is 6.10. The summed E-state index contributed by atoms with van der Waals surface area (Å²) >= 11 is 0. The number of rotatable bonds is 7. The van der Waals surface area contributed by atoms with Gasteiger partial charge in [0, 0.05) is 25.8 Å². The molecule has 7 nitrogen and oxygen atoms in total. The van der Waals surface area contributed by atoms with E-state index in [2.05, 4.69) is 14.6 Å². The molecule has 21 heavy (non-hydrogen) atoms. The number of imidazole rings is 1. The van der Waals surface area contributed by atoms with Crippen molar-refractivity contribution in [3.63, 3.8) is 0 Å². The lowest BCUT2D eigenvalue weighted by atomic mass is 10.0. The normalized spacial score (nSPS) is 20.8. The van der Waals surface area contributed by atoms with Crippen molar-refractivity contribution in [3.8, 4) is 0 Å². The highest BCUT2D eigenvalue weighted by Gasteiger charge is 2.21. The van der Waals surface area contributed by atoms with Crippen LogP contribution in [0.5, 0.6) is 0 Å². The van der Waals surface area contributed by atoms with Crippen LogP contribution in [0.25, 0.3) is 0 Å². The standard InChI is InChI=1S/C13H24N4O3S/c1-16-9-13(14-11-16)21(19,20)15-6-4-8-17-7-3-2-5-12(17)10-18/h9,11-12,15,18H,2-8,10H2,1H3/t12-/m1/s1. The van der Waals surface area contributed by atoms with Crippen LogP contribution in [-0.4, -0.2) is 60.3 Å². The van der Waals surface area contributed by atoms with Crippen molar-refractivity contribution in [2.75, 3.05) is 26.2 Å². The third-order valence-electron chi connectivity index (χ3n) is 3.83. The maximum Gasteiger partial charge on any atom is 0.259 e. The molecule has 8 heteroatoms. The van der Waals surface area contributed by atoms with Gasteiger partial charge in [0.15, 0.2) is 5.03 Å². The largest absolute Gasteiger partial charge is 0.395 e. The lowest BCUT2D eigenvalue weighted by Crippen LogP contribution is -2.43. The van der Waals surface area contributed by atoms with Crippen LogP contribution >= 0.6 is 0 Å². The van der Waals surface area contributed by atoms with Crippen LogP contribution in [0.1, 0.15) is 25.7 Å². The van der Waals surface area contributed by atoms with Crippen molar-refractivity contribution in [3.05, 3.63) is 12.5 Å². The molecule has 0 unspecified atom stereocenters. The molecule has 0 aromatic carbocycles. The zero-order valence-electron chi connectivity index (χ0n) is 12.4. The number of nitrogens with one attached hydrogen (secondary N) is 1. The molecular formula is C13H24N4O3S. The highest BCUT2D eigenvalue weighted by atomic mass is 32.2. The second-order valence-corrected chi connectivity index (χ2v) is 7.21. The average Bonchev–Trinajstić information content (AvgIpc) is 2.91. The highest BCUT2D eigenvalue weighted by Crippen LogP contribution is 2.16. The molecular weight excluding hydrogens is 292 g/mol. The molecule has 2 heterocycles. The smallest absolute Gasteiger partial charge is 0.259 e. The molecule has 2 rings (SSSR count). The minimum absolute atomic E-state index is 0.0520. The van der Waals surface area contributed by atoms with Gasteiger partial charge in [-0.2, -0.15) is 0 Å². The molecule has 1 aromatic heterocycles. The average molecular weight is 316 g/mol. The third-order valence-corrected chi connectivity index (χ3v) is 5.18. The van der Waals surface area contributed by atoms with Crippen molar-refractivity contribution in [1.82, 2.24) is 19.2 Å². The molecule has 0 saturated carbocycles. The predicted molar refractivity (Wildman–Crippen MR) is 79.3 cm³/mol. The van der Waals surface area contributed by atoms with E-state index in [1.807, 2.05) is 0 Å². The first-order chi connectivity index (χ1) is 10.0. The Balaban J connectivity index is 1.76. The molecule has 0 bridgehead atoms. The number of likely N-dealkylation sites (tertiary alicyclic amines) is 1. The zero-order valence-corrected chi connectivity index (χ0v) is 13.2. The molecule has 120 valence electrons. The van der Waals surface area contributed by atoms with Crippen molar-refractivity contribution in [2.24, 2.45) is 7.05 Å². The van der Waals surface area contributed by atoms with Crippen molar-refractivity contribution < 1.29 is 13.5 Å². The summed E-state index contributed by atoms with van der Waals surface area (Å²) in [7, 11) is -1.78. The summed E-state index contributed by atoms with van der Waals surface area (Å²) in [5, 5.41) is 9.39. The lowest BCUT2D eigenvalue weighted by Gasteiger charge is -2.34. The van der Waals surface area contributed by atoms with Gasteiger partial charge in [0.25, 0.3) is 10.0 Å². The first kappa shape index (κ1) is 16.4. The van der Waals surface area contributed by atoms with E-state index in [9.17, 15) is 13.5 Å². The fourth-order valence-corrected chi connectivity index (χ4v) is 3.70. The number of hydrogen-bond acceptors (Lipinski definition) is 5. The van der Waals surface area contributed by atoms with Crippen molar-refractivity contribution in [1.29, 1.82) is 0 Å². The molecule has 0 radical (unpaired) electrons. The van der Waals surface area contributed by atoms with E-state index in [1.54, 1.807) is 11.6 Å². The molecule has 1 aliphatic rings. The van der Waals surface area contributed by atoms with Gasteiger partial charge in [0.05, 0.1) is 12.9 Å². The summed E-state index contributed by atoms with van der Waals surface area (Å²) in [6, 6.07) is 0.228. The first-order valence-corrected chi connectivity index (χ1v) is 8.84. The Hall–Kier alpha value is -0.960. The second kappa shape index (κ2) is 7.35. The van der Waals surface area contributed by atoms with E-state index < -0.39 is 10.0 Å². The Morgan fingerprint density at radius 2 is 2.29 bits per heavy atom. The van der Waals surface area contributed by atoms with Gasteiger partial charge in [-0.25, -0.2) is 18.1 Å². The van der Waals surface area contributed by atoms with Gasteiger partial charge in [0.2, 0.25) is 0 Å². The summed E-state index contributed by atoms with van der Waals surface area (Å²) in [6.45, 7) is 2.35. The monoisotopic (exact) mass is 316 g/mol.